The summed E-state index contributed by atoms with van der Waals surface area (Å²) in [6.45, 7) is 0.0815. The molecule has 93 heavy (non-hydrogen) atoms. The van der Waals surface area contributed by atoms with E-state index in [4.69, 9.17) is 32.4 Å². The van der Waals surface area contributed by atoms with Crippen molar-refractivity contribution < 1.29 is 48.1 Å². The molecule has 482 valence electrons. The van der Waals surface area contributed by atoms with Crippen LogP contribution in [0.1, 0.15) is 33.9 Å². The zero-order valence-corrected chi connectivity index (χ0v) is 51.2. The Morgan fingerprint density at radius 1 is 0.398 bits per heavy atom. The summed E-state index contributed by atoms with van der Waals surface area (Å²) >= 11 is 0. The number of carboxylic acid groups (broad SMARTS) is 1. The maximum atomic E-state index is 12.9. The molecule has 4 aromatic heterocycles. The van der Waals surface area contributed by atoms with Crippen LogP contribution in [0, 0.1) is 0 Å². The third kappa shape index (κ3) is 17.0. The van der Waals surface area contributed by atoms with Crippen LogP contribution in [0.2, 0.25) is 0 Å². The van der Waals surface area contributed by atoms with Gasteiger partial charge in [0.2, 0.25) is 11.8 Å². The van der Waals surface area contributed by atoms with Crippen molar-refractivity contribution in [3.63, 3.8) is 0 Å². The number of primary amides is 2. The number of para-hydroxylation sites is 4. The first-order valence-electron chi connectivity index (χ1n) is 28.3. The lowest BCUT2D eigenvalue weighted by molar-refractivity contribution is -0.140. The number of amides is 4. The van der Waals surface area contributed by atoms with Crippen LogP contribution >= 0.6 is 0 Å². The minimum atomic E-state index is -1.12. The van der Waals surface area contributed by atoms with Crippen LogP contribution < -0.4 is 55.8 Å². The Hall–Kier alpha value is -12.6. The fraction of sp³-hybridized carbons (Fsp3) is 0.169. The maximum Gasteiger partial charge on any atom is 0.412 e. The van der Waals surface area contributed by atoms with Gasteiger partial charge in [0, 0.05) is 28.2 Å². The second kappa shape index (κ2) is 31.5. The van der Waals surface area contributed by atoms with Gasteiger partial charge in [-0.2, -0.15) is 0 Å². The number of methoxy groups -OCH3 is 1. The minimum Gasteiger partial charge on any atom is -0.481 e. The number of rotatable bonds is 18. The van der Waals surface area contributed by atoms with Gasteiger partial charge in [-0.1, -0.05) is 133 Å². The van der Waals surface area contributed by atoms with E-state index >= 15 is 0 Å². The molecule has 0 saturated carbocycles. The van der Waals surface area contributed by atoms with Crippen LogP contribution in [0.15, 0.2) is 201 Å². The monoisotopic (exact) mass is 1270 g/mol. The van der Waals surface area contributed by atoms with Gasteiger partial charge in [-0.25, -0.2) is 28.3 Å². The van der Waals surface area contributed by atoms with E-state index in [0.29, 0.717) is 34.1 Å². The Morgan fingerprint density at radius 2 is 0.667 bits per heavy atom. The molecule has 0 saturated heterocycles. The molecule has 6 aromatic carbocycles. The molecule has 0 radical (unpaired) electrons. The number of carbonyl (C=O) groups is 6. The molecule has 28 nitrogen and oxygen atoms in total. The topological polar surface area (TPSA) is 386 Å². The quantitative estimate of drug-likeness (QED) is 0.0449. The van der Waals surface area contributed by atoms with E-state index in [2.05, 4.69) is 15.4 Å². The number of nitrogens with zero attached hydrogens (tertiary/aromatic N) is 8. The number of carbonyl (C=O) groups excluding carboxylic acids is 5. The van der Waals surface area contributed by atoms with E-state index in [0.717, 1.165) is 11.1 Å². The lowest BCUT2D eigenvalue weighted by Crippen LogP contribution is -2.23. The number of anilines is 4. The smallest absolute Gasteiger partial charge is 0.412 e. The van der Waals surface area contributed by atoms with Crippen molar-refractivity contribution in [1.29, 1.82) is 0 Å². The van der Waals surface area contributed by atoms with Gasteiger partial charge in [0.05, 0.1) is 78.3 Å². The molecule has 0 aliphatic heterocycles. The van der Waals surface area contributed by atoms with Crippen molar-refractivity contribution in [2.75, 3.05) is 29.2 Å². The van der Waals surface area contributed by atoms with E-state index < -0.39 is 53.5 Å². The molecular weight excluding hydrogens is 1200 g/mol. The van der Waals surface area contributed by atoms with Crippen molar-refractivity contribution in [2.45, 2.75) is 38.9 Å². The molecule has 0 atom stereocenters. The summed E-state index contributed by atoms with van der Waals surface area (Å²) in [5.41, 5.74) is 25.7. The van der Waals surface area contributed by atoms with Crippen molar-refractivity contribution in [3.8, 4) is 22.7 Å². The Kier molecular flexibility index (Phi) is 23.0. The fourth-order valence-corrected chi connectivity index (χ4v) is 9.55. The van der Waals surface area contributed by atoms with Crippen LogP contribution in [0.5, 0.6) is 0 Å². The average Bonchev–Trinajstić information content (AvgIpc) is 1.67. The molecule has 0 spiro atoms. The summed E-state index contributed by atoms with van der Waals surface area (Å²) in [6, 6.07) is 54.0. The SMILES string of the molecule is COC(=O)Cc1c(N)c(=O)n(-c2ccccc2)n1C.Cn1c(CC(=O)O)c(NC(=O)OCc2ccccc2)c(=O)n1-c1ccccc1.Cn1c(CC(N)=O)c(N)c(=O)n1-c1ccccc1.Cn1c(CC(N)=O)c(NC(=O)OCc2ccccc2)c(=O)n1-c1ccccc1. The second-order valence-corrected chi connectivity index (χ2v) is 20.3. The molecule has 4 amide bonds. The highest BCUT2D eigenvalue weighted by molar-refractivity contribution is 5.88. The van der Waals surface area contributed by atoms with Crippen molar-refractivity contribution >= 4 is 58.7 Å². The maximum absolute atomic E-state index is 12.9. The molecule has 0 fully saturated rings. The number of benzene rings is 6. The van der Waals surface area contributed by atoms with Gasteiger partial charge in [0.1, 0.15) is 36.0 Å². The fourth-order valence-electron chi connectivity index (χ4n) is 9.55. The van der Waals surface area contributed by atoms with Gasteiger partial charge in [0.15, 0.2) is 0 Å². The first-order chi connectivity index (χ1) is 44.5. The number of carboxylic acids is 1. The van der Waals surface area contributed by atoms with Crippen molar-refractivity contribution in [3.05, 3.63) is 257 Å². The number of hydrogen-bond acceptors (Lipinski definition) is 15. The minimum absolute atomic E-state index is 0.0284. The van der Waals surface area contributed by atoms with Gasteiger partial charge in [-0.05, 0) is 59.7 Å². The number of aromatic nitrogens is 8. The number of aliphatic carboxylic acids is 1. The molecule has 0 aliphatic carbocycles. The summed E-state index contributed by atoms with van der Waals surface area (Å²) in [6.07, 6.45) is -2.36. The van der Waals surface area contributed by atoms with Gasteiger partial charge < -0.3 is 42.3 Å². The number of ether oxygens (including phenoxy) is 3. The average molecular weight is 1270 g/mol. The van der Waals surface area contributed by atoms with Crippen LogP contribution in [-0.4, -0.2) is 85.6 Å². The third-order valence-electron chi connectivity index (χ3n) is 14.0. The van der Waals surface area contributed by atoms with E-state index in [-0.39, 0.29) is 77.7 Å². The molecule has 0 bridgehead atoms. The molecule has 10 rings (SSSR count). The third-order valence-corrected chi connectivity index (χ3v) is 14.0. The van der Waals surface area contributed by atoms with E-state index in [1.165, 1.54) is 35.2 Å². The van der Waals surface area contributed by atoms with E-state index in [1.807, 2.05) is 91.0 Å². The second-order valence-electron chi connectivity index (χ2n) is 20.3. The number of nitrogens with two attached hydrogens (primary N) is 4. The standard InChI is InChI=1S/C20H20N4O4.C20H19N3O5.C13H15N3O3.C12H14N4O2/c1-23-16(12-17(21)25)18(19(26)24(23)15-10-6-3-7-11-15)22-20(27)28-13-14-8-4-2-5-9-14;1-22-16(12-17(24)25)18(19(26)23(22)15-10-6-3-7-11-15)21-20(27)28-13-14-8-4-2-5-9-14;1-15-10(8-11(17)19-2)12(14)13(18)16(15)9-6-4-3-5-7-9;1-15-9(7-10(13)17)11(14)12(18)16(15)8-5-3-2-4-6-8/h2-11H,12-13H2,1H3,(H2,21,25)(H,22,27);2-11H,12-13H2,1H3,(H,21,27)(H,24,25);3-7H,8,14H2,1-2H3;2-6H,7,14H2,1H3,(H2,13,17). The van der Waals surface area contributed by atoms with Gasteiger partial charge in [0.25, 0.3) is 22.2 Å². The first-order valence-corrected chi connectivity index (χ1v) is 28.3. The summed E-state index contributed by atoms with van der Waals surface area (Å²) in [5, 5.41) is 14.1. The van der Waals surface area contributed by atoms with E-state index in [9.17, 15) is 53.1 Å². The number of nitrogen functional groups attached to an aromatic ring is 2. The summed E-state index contributed by atoms with van der Waals surface area (Å²) < 4.78 is 26.4. The van der Waals surface area contributed by atoms with Gasteiger partial charge in [-0.15, -0.1) is 0 Å². The summed E-state index contributed by atoms with van der Waals surface area (Å²) in [5.74, 6) is -2.71. The number of nitrogens with one attached hydrogen (secondary N) is 2. The molecular formula is C65H68N14O14. The highest BCUT2D eigenvalue weighted by Crippen LogP contribution is 2.20. The zero-order chi connectivity index (χ0) is 67.5. The predicted molar refractivity (Wildman–Crippen MR) is 346 cm³/mol. The van der Waals surface area contributed by atoms with Gasteiger partial charge >= 0.3 is 24.1 Å². The summed E-state index contributed by atoms with van der Waals surface area (Å²) in [4.78, 5) is 119. The molecule has 0 unspecified atom stereocenters. The van der Waals surface area contributed by atoms with Crippen molar-refractivity contribution in [1.82, 2.24) is 37.5 Å². The lowest BCUT2D eigenvalue weighted by atomic mass is 10.2. The first kappa shape index (κ1) is 67.9. The molecule has 10 aromatic rings. The molecule has 28 heteroatoms. The van der Waals surface area contributed by atoms with Crippen molar-refractivity contribution in [2.24, 2.45) is 39.7 Å². The van der Waals surface area contributed by atoms with Gasteiger partial charge in [-0.3, -0.25) is 67.7 Å². The Labute approximate surface area is 530 Å². The highest BCUT2D eigenvalue weighted by Gasteiger charge is 2.26. The summed E-state index contributed by atoms with van der Waals surface area (Å²) in [7, 11) is 7.83. The molecule has 0 aliphatic rings. The highest BCUT2D eigenvalue weighted by atomic mass is 16.6. The molecule has 11 N–H and O–H groups in total. The number of esters is 1. The van der Waals surface area contributed by atoms with E-state index in [1.54, 1.807) is 129 Å². The van der Waals surface area contributed by atoms with Crippen LogP contribution in [0.3, 0.4) is 0 Å². The Bertz CT molecular complexity index is 4340. The number of hydrogen-bond donors (Lipinski definition) is 7. The Morgan fingerprint density at radius 3 is 0.968 bits per heavy atom. The predicted octanol–water partition coefficient (Wildman–Crippen LogP) is 4.76. The largest absolute Gasteiger partial charge is 0.481 e. The zero-order valence-electron chi connectivity index (χ0n) is 51.2. The van der Waals surface area contributed by atoms with Crippen LogP contribution in [0.25, 0.3) is 22.7 Å². The van der Waals surface area contributed by atoms with Crippen LogP contribution in [-0.2, 0) is 100 Å². The van der Waals surface area contributed by atoms with Crippen LogP contribution in [0.4, 0.5) is 32.3 Å². The molecule has 4 heterocycles. The normalized spacial score (nSPS) is 10.5. The Balaban J connectivity index is 0.000000179. The lowest BCUT2D eigenvalue weighted by Gasteiger charge is -2.09.